The average Bonchev–Trinajstić information content (AvgIpc) is 3.27. The summed E-state index contributed by atoms with van der Waals surface area (Å²) in [5.74, 6) is -0.209. The highest BCUT2D eigenvalue weighted by Gasteiger charge is 2.82. The van der Waals surface area contributed by atoms with Crippen LogP contribution in [0, 0.1) is 10.8 Å². The van der Waals surface area contributed by atoms with Crippen molar-refractivity contribution in [1.29, 1.82) is 0 Å². The normalized spacial score (nSPS) is 49.2. The number of ether oxygens (including phenoxy) is 3. The van der Waals surface area contributed by atoms with Crippen LogP contribution in [0.1, 0.15) is 40.5 Å². The van der Waals surface area contributed by atoms with Crippen LogP contribution in [-0.2, 0) is 23.8 Å². The summed E-state index contributed by atoms with van der Waals surface area (Å²) in [7, 11) is 0. The van der Waals surface area contributed by atoms with Crippen molar-refractivity contribution in [2.24, 2.45) is 10.8 Å². The van der Waals surface area contributed by atoms with Gasteiger partial charge in [-0.2, -0.15) is 0 Å². The fourth-order valence-corrected chi connectivity index (χ4v) is 5.21. The van der Waals surface area contributed by atoms with Crippen molar-refractivity contribution < 1.29 is 23.8 Å². The molecule has 5 nitrogen and oxygen atoms in total. The first-order valence-electron chi connectivity index (χ1n) is 8.63. The number of esters is 1. The van der Waals surface area contributed by atoms with E-state index in [1.54, 1.807) is 13.0 Å². The van der Waals surface area contributed by atoms with Crippen LogP contribution in [0.15, 0.2) is 23.8 Å². The third kappa shape index (κ3) is 1.72. The highest BCUT2D eigenvalue weighted by Crippen LogP contribution is 2.71. The van der Waals surface area contributed by atoms with Crippen molar-refractivity contribution in [1.82, 2.24) is 0 Å². The molecule has 0 aromatic rings. The topological polar surface area (TPSA) is 65.1 Å². The number of hydrogen-bond acceptors (Lipinski definition) is 5. The second-order valence-corrected chi connectivity index (χ2v) is 7.95. The van der Waals surface area contributed by atoms with Crippen LogP contribution in [0.5, 0.6) is 0 Å². The Labute approximate surface area is 142 Å². The molecular formula is C19H24O5. The van der Waals surface area contributed by atoms with Gasteiger partial charge in [0, 0.05) is 29.7 Å². The molecule has 0 amide bonds. The molecule has 6 atom stereocenters. The quantitative estimate of drug-likeness (QED) is 0.441. The smallest absolute Gasteiger partial charge is 0.330 e. The van der Waals surface area contributed by atoms with Gasteiger partial charge in [-0.1, -0.05) is 19.9 Å². The molecule has 24 heavy (non-hydrogen) atoms. The number of hydrogen-bond donors (Lipinski definition) is 0. The minimum Gasteiger partial charge on any atom is -0.458 e. The van der Waals surface area contributed by atoms with Crippen molar-refractivity contribution in [2.45, 2.75) is 64.4 Å². The number of epoxide rings is 1. The van der Waals surface area contributed by atoms with Crippen molar-refractivity contribution >= 4 is 11.8 Å². The van der Waals surface area contributed by atoms with E-state index >= 15 is 0 Å². The predicted octanol–water partition coefficient (Wildman–Crippen LogP) is 2.35. The van der Waals surface area contributed by atoms with Gasteiger partial charge in [-0.15, -0.1) is 0 Å². The second-order valence-electron chi connectivity index (χ2n) is 7.95. The maximum absolute atomic E-state index is 12.5. The van der Waals surface area contributed by atoms with Crippen molar-refractivity contribution in [3.63, 3.8) is 0 Å². The zero-order valence-electron chi connectivity index (χ0n) is 14.6. The van der Waals surface area contributed by atoms with Crippen LogP contribution in [0.25, 0.3) is 0 Å². The Balaban J connectivity index is 1.78. The maximum atomic E-state index is 12.5. The fourth-order valence-electron chi connectivity index (χ4n) is 5.21. The fraction of sp³-hybridized carbons (Fsp3) is 0.684. The Kier molecular flexibility index (Phi) is 3.20. The third-order valence-corrected chi connectivity index (χ3v) is 6.98. The minimum atomic E-state index is -0.450. The number of Topliss-reactive ketones (excluding diaryl/α,β-unsaturated/α-hetero) is 1. The first-order chi connectivity index (χ1) is 11.3. The van der Waals surface area contributed by atoms with E-state index in [2.05, 4.69) is 13.8 Å². The summed E-state index contributed by atoms with van der Waals surface area (Å²) in [5.41, 5.74) is -0.569. The molecule has 2 bridgehead atoms. The number of carbonyl (C=O) groups excluding carboxylic acids is 2. The molecule has 0 aromatic carbocycles. The van der Waals surface area contributed by atoms with Gasteiger partial charge in [-0.05, 0) is 25.5 Å². The number of carbonyl (C=O) groups is 2. The molecule has 0 radical (unpaired) electrons. The zero-order valence-corrected chi connectivity index (χ0v) is 14.6. The van der Waals surface area contributed by atoms with Crippen LogP contribution < -0.4 is 0 Å². The monoisotopic (exact) mass is 332 g/mol. The van der Waals surface area contributed by atoms with Crippen LogP contribution in [-0.4, -0.2) is 42.3 Å². The van der Waals surface area contributed by atoms with Gasteiger partial charge in [0.2, 0.25) is 0 Å². The molecule has 1 spiro atoms. The Bertz CT molecular complexity index is 673. The SMILES string of the molecule is C/C=C\C(=O)OC1C[C@H]2O[C@@H]3C=C(C)C(=O)C[C@]3(C)[C@]1(C)C21CO1. The lowest BCUT2D eigenvalue weighted by Crippen LogP contribution is -2.64. The van der Waals surface area contributed by atoms with Gasteiger partial charge in [0.25, 0.3) is 0 Å². The van der Waals surface area contributed by atoms with Gasteiger partial charge in [0.05, 0.1) is 18.8 Å². The molecule has 4 rings (SSSR count). The van der Waals surface area contributed by atoms with Crippen molar-refractivity contribution in [3.05, 3.63) is 23.8 Å². The van der Waals surface area contributed by atoms with Gasteiger partial charge in [0.1, 0.15) is 11.7 Å². The average molecular weight is 332 g/mol. The summed E-state index contributed by atoms with van der Waals surface area (Å²) < 4.78 is 18.1. The molecule has 3 fully saturated rings. The van der Waals surface area contributed by atoms with Crippen LogP contribution in [0.3, 0.4) is 0 Å². The first kappa shape index (κ1) is 16.0. The van der Waals surface area contributed by atoms with Crippen LogP contribution in [0.4, 0.5) is 0 Å². The highest BCUT2D eigenvalue weighted by atomic mass is 16.6. The summed E-state index contributed by atoms with van der Waals surface area (Å²) in [6.07, 6.45) is 5.51. The van der Waals surface area contributed by atoms with Crippen molar-refractivity contribution in [2.75, 3.05) is 6.61 Å². The molecule has 2 aliphatic carbocycles. The highest BCUT2D eigenvalue weighted by molar-refractivity contribution is 5.96. The molecule has 130 valence electrons. The first-order valence-corrected chi connectivity index (χ1v) is 8.63. The lowest BCUT2D eigenvalue weighted by atomic mass is 9.52. The number of rotatable bonds is 2. The number of ketones is 1. The van der Waals surface area contributed by atoms with E-state index in [-0.39, 0.29) is 30.1 Å². The van der Waals surface area contributed by atoms with Crippen LogP contribution in [0.2, 0.25) is 0 Å². The van der Waals surface area contributed by atoms with Gasteiger partial charge in [-0.3, -0.25) is 4.79 Å². The van der Waals surface area contributed by atoms with E-state index in [1.807, 2.05) is 13.0 Å². The van der Waals surface area contributed by atoms with E-state index in [0.717, 1.165) is 5.57 Å². The van der Waals surface area contributed by atoms with Crippen molar-refractivity contribution in [3.8, 4) is 0 Å². The molecule has 2 unspecified atom stereocenters. The van der Waals surface area contributed by atoms with E-state index in [4.69, 9.17) is 14.2 Å². The van der Waals surface area contributed by atoms with Gasteiger partial charge >= 0.3 is 5.97 Å². The van der Waals surface area contributed by atoms with E-state index < -0.39 is 16.4 Å². The zero-order chi connectivity index (χ0) is 17.3. The molecule has 2 heterocycles. The van der Waals surface area contributed by atoms with E-state index in [9.17, 15) is 9.59 Å². The molecule has 2 aliphatic heterocycles. The Hall–Kier alpha value is -1.46. The summed E-state index contributed by atoms with van der Waals surface area (Å²) >= 11 is 0. The lowest BCUT2D eigenvalue weighted by Gasteiger charge is -2.56. The van der Waals surface area contributed by atoms with Gasteiger partial charge < -0.3 is 14.2 Å². The Morgan fingerprint density at radius 2 is 2.12 bits per heavy atom. The molecule has 4 aliphatic rings. The number of allylic oxidation sites excluding steroid dienone is 2. The molecule has 2 saturated heterocycles. The van der Waals surface area contributed by atoms with Gasteiger partial charge in [0.15, 0.2) is 5.78 Å². The summed E-state index contributed by atoms with van der Waals surface area (Å²) in [4.78, 5) is 24.5. The van der Waals surface area contributed by atoms with E-state index in [1.165, 1.54) is 6.08 Å². The molecule has 0 N–H and O–H groups in total. The molecule has 0 aromatic heterocycles. The maximum Gasteiger partial charge on any atom is 0.330 e. The predicted molar refractivity (Wildman–Crippen MR) is 86.3 cm³/mol. The minimum absolute atomic E-state index is 0.0961. The standard InChI is InChI=1S/C19H24O5/c1-5-6-16(21)24-14-8-15-19(10-22-19)18(14,4)17(3)9-12(20)11(2)7-13(17)23-15/h5-7,13-15H,8-10H2,1-4H3/b6-5-/t13-,14?,15-,17+,18-,19?/m1/s1. The summed E-state index contributed by atoms with van der Waals surface area (Å²) in [5, 5.41) is 0. The van der Waals surface area contributed by atoms with Crippen LogP contribution >= 0.6 is 0 Å². The molecule has 1 saturated carbocycles. The Morgan fingerprint density at radius 3 is 2.75 bits per heavy atom. The Morgan fingerprint density at radius 1 is 1.42 bits per heavy atom. The molecular weight excluding hydrogens is 308 g/mol. The third-order valence-electron chi connectivity index (χ3n) is 6.98. The van der Waals surface area contributed by atoms with E-state index in [0.29, 0.717) is 19.4 Å². The van der Waals surface area contributed by atoms with Gasteiger partial charge in [-0.25, -0.2) is 4.79 Å². The summed E-state index contributed by atoms with van der Waals surface area (Å²) in [6.45, 7) is 8.43. The number of fused-ring (bicyclic) bond motifs is 2. The second kappa shape index (κ2) is 4.79. The largest absolute Gasteiger partial charge is 0.458 e. The molecule has 5 heteroatoms. The summed E-state index contributed by atoms with van der Waals surface area (Å²) in [6, 6.07) is 0. The lowest BCUT2D eigenvalue weighted by molar-refractivity contribution is -0.208.